The van der Waals surface area contributed by atoms with Crippen molar-refractivity contribution < 1.29 is 4.79 Å². The summed E-state index contributed by atoms with van der Waals surface area (Å²) in [5.74, 6) is 0.271. The zero-order valence-corrected chi connectivity index (χ0v) is 8.68. The third-order valence-corrected chi connectivity index (χ3v) is 2.80. The highest BCUT2D eigenvalue weighted by molar-refractivity contribution is 5.77. The van der Waals surface area contributed by atoms with Gasteiger partial charge in [-0.05, 0) is 39.7 Å². The van der Waals surface area contributed by atoms with Gasteiger partial charge < -0.3 is 10.6 Å². The number of nitrogens with zero attached hydrogens (tertiary/aromatic N) is 1. The van der Waals surface area contributed by atoms with Crippen LogP contribution in [0.5, 0.6) is 0 Å². The van der Waals surface area contributed by atoms with E-state index in [9.17, 15) is 4.79 Å². The second-order valence-corrected chi connectivity index (χ2v) is 4.35. The normalized spacial score (nSPS) is 20.7. The van der Waals surface area contributed by atoms with E-state index in [0.29, 0.717) is 13.0 Å². The standard InChI is InChI=1S/C10H20N2O/c1-10(2)6-4-8-12(10)9(13)5-3-7-11/h3-8,11H2,1-2H3. The van der Waals surface area contributed by atoms with Gasteiger partial charge in [0.2, 0.25) is 5.91 Å². The van der Waals surface area contributed by atoms with Gasteiger partial charge in [0, 0.05) is 18.5 Å². The van der Waals surface area contributed by atoms with Gasteiger partial charge in [-0.1, -0.05) is 0 Å². The van der Waals surface area contributed by atoms with Crippen molar-refractivity contribution in [1.82, 2.24) is 4.90 Å². The third kappa shape index (κ3) is 2.44. The Morgan fingerprint density at radius 2 is 2.23 bits per heavy atom. The highest BCUT2D eigenvalue weighted by atomic mass is 16.2. The van der Waals surface area contributed by atoms with E-state index in [2.05, 4.69) is 13.8 Å². The minimum atomic E-state index is 0.0751. The fraction of sp³-hybridized carbons (Fsp3) is 0.900. The van der Waals surface area contributed by atoms with E-state index in [1.54, 1.807) is 0 Å². The maximum Gasteiger partial charge on any atom is 0.223 e. The maximum atomic E-state index is 11.7. The van der Waals surface area contributed by atoms with Gasteiger partial charge in [-0.15, -0.1) is 0 Å². The number of nitrogens with two attached hydrogens (primary N) is 1. The number of hydrogen-bond acceptors (Lipinski definition) is 2. The van der Waals surface area contributed by atoms with Gasteiger partial charge in [0.15, 0.2) is 0 Å². The van der Waals surface area contributed by atoms with E-state index in [4.69, 9.17) is 5.73 Å². The largest absolute Gasteiger partial charge is 0.338 e. The van der Waals surface area contributed by atoms with Crippen molar-refractivity contribution in [2.45, 2.75) is 45.1 Å². The molecule has 0 aromatic heterocycles. The topological polar surface area (TPSA) is 46.3 Å². The van der Waals surface area contributed by atoms with Crippen LogP contribution >= 0.6 is 0 Å². The van der Waals surface area contributed by atoms with Crippen molar-refractivity contribution in [1.29, 1.82) is 0 Å². The van der Waals surface area contributed by atoms with Crippen LogP contribution in [-0.4, -0.2) is 29.4 Å². The first-order chi connectivity index (χ1) is 6.08. The molecule has 0 saturated carbocycles. The van der Waals surface area contributed by atoms with Crippen LogP contribution in [0.3, 0.4) is 0 Å². The van der Waals surface area contributed by atoms with Crippen LogP contribution in [-0.2, 0) is 4.79 Å². The van der Waals surface area contributed by atoms with Crippen molar-refractivity contribution in [2.24, 2.45) is 5.73 Å². The summed E-state index contributed by atoms with van der Waals surface area (Å²) >= 11 is 0. The van der Waals surface area contributed by atoms with Crippen LogP contribution in [0.2, 0.25) is 0 Å². The lowest BCUT2D eigenvalue weighted by Gasteiger charge is -2.31. The molecule has 0 atom stereocenters. The molecule has 3 nitrogen and oxygen atoms in total. The average molecular weight is 184 g/mol. The summed E-state index contributed by atoms with van der Waals surface area (Å²) in [5.41, 5.74) is 5.45. The van der Waals surface area contributed by atoms with Crippen molar-refractivity contribution in [3.63, 3.8) is 0 Å². The molecule has 1 saturated heterocycles. The lowest BCUT2D eigenvalue weighted by atomic mass is 10.0. The lowest BCUT2D eigenvalue weighted by Crippen LogP contribution is -2.42. The summed E-state index contributed by atoms with van der Waals surface area (Å²) in [6.45, 7) is 5.82. The predicted molar refractivity (Wildman–Crippen MR) is 53.3 cm³/mol. The minimum Gasteiger partial charge on any atom is -0.338 e. The smallest absolute Gasteiger partial charge is 0.223 e. The molecule has 0 unspecified atom stereocenters. The fourth-order valence-electron chi connectivity index (χ4n) is 1.96. The van der Waals surface area contributed by atoms with E-state index in [1.807, 2.05) is 4.90 Å². The molecule has 1 heterocycles. The van der Waals surface area contributed by atoms with Gasteiger partial charge >= 0.3 is 0 Å². The first-order valence-corrected chi connectivity index (χ1v) is 5.08. The molecule has 0 spiro atoms. The SMILES string of the molecule is CC1(C)CCCN1C(=O)CCCN. The molecule has 0 radical (unpaired) electrons. The van der Waals surface area contributed by atoms with Gasteiger partial charge in [0.05, 0.1) is 0 Å². The summed E-state index contributed by atoms with van der Waals surface area (Å²) in [5, 5.41) is 0. The lowest BCUT2D eigenvalue weighted by molar-refractivity contribution is -0.134. The van der Waals surface area contributed by atoms with Gasteiger partial charge in [-0.2, -0.15) is 0 Å². The van der Waals surface area contributed by atoms with Crippen LogP contribution in [0.1, 0.15) is 39.5 Å². The first kappa shape index (κ1) is 10.5. The Hall–Kier alpha value is -0.570. The molecule has 0 aliphatic carbocycles. The number of rotatable bonds is 3. The molecule has 0 aromatic carbocycles. The number of likely N-dealkylation sites (tertiary alicyclic amines) is 1. The Kier molecular flexibility index (Phi) is 3.31. The Labute approximate surface area is 80.3 Å². The van der Waals surface area contributed by atoms with Crippen LogP contribution in [0.4, 0.5) is 0 Å². The molecular weight excluding hydrogens is 164 g/mol. The van der Waals surface area contributed by atoms with Crippen molar-refractivity contribution in [3.8, 4) is 0 Å². The molecule has 76 valence electrons. The van der Waals surface area contributed by atoms with Crippen molar-refractivity contribution >= 4 is 5.91 Å². The first-order valence-electron chi connectivity index (χ1n) is 5.08. The third-order valence-electron chi connectivity index (χ3n) is 2.80. The van der Waals surface area contributed by atoms with E-state index in [1.165, 1.54) is 0 Å². The molecule has 0 bridgehead atoms. The Morgan fingerprint density at radius 3 is 2.69 bits per heavy atom. The molecule has 1 aliphatic heterocycles. The zero-order chi connectivity index (χ0) is 9.90. The van der Waals surface area contributed by atoms with Gasteiger partial charge in [0.25, 0.3) is 0 Å². The maximum absolute atomic E-state index is 11.7. The second-order valence-electron chi connectivity index (χ2n) is 4.35. The molecule has 13 heavy (non-hydrogen) atoms. The Bertz CT molecular complexity index is 189. The number of carbonyl (C=O) groups is 1. The molecule has 1 aliphatic rings. The molecule has 0 aromatic rings. The summed E-state index contributed by atoms with van der Waals surface area (Å²) in [4.78, 5) is 13.7. The number of amides is 1. The van der Waals surface area contributed by atoms with Crippen molar-refractivity contribution in [3.05, 3.63) is 0 Å². The monoisotopic (exact) mass is 184 g/mol. The summed E-state index contributed by atoms with van der Waals surface area (Å²) in [6.07, 6.45) is 3.69. The van der Waals surface area contributed by atoms with Gasteiger partial charge in [-0.3, -0.25) is 4.79 Å². The summed E-state index contributed by atoms with van der Waals surface area (Å²) in [6, 6.07) is 0. The molecular formula is C10H20N2O. The second kappa shape index (κ2) is 4.09. The molecule has 1 fully saturated rings. The zero-order valence-electron chi connectivity index (χ0n) is 8.68. The van der Waals surface area contributed by atoms with Gasteiger partial charge in [-0.25, -0.2) is 0 Å². The highest BCUT2D eigenvalue weighted by Gasteiger charge is 2.34. The van der Waals surface area contributed by atoms with E-state index < -0.39 is 0 Å². The summed E-state index contributed by atoms with van der Waals surface area (Å²) < 4.78 is 0. The quantitative estimate of drug-likeness (QED) is 0.714. The van der Waals surface area contributed by atoms with Gasteiger partial charge in [0.1, 0.15) is 0 Å². The number of hydrogen-bond donors (Lipinski definition) is 1. The van der Waals surface area contributed by atoms with Crippen molar-refractivity contribution in [2.75, 3.05) is 13.1 Å². The van der Waals surface area contributed by atoms with Crippen LogP contribution < -0.4 is 5.73 Å². The Morgan fingerprint density at radius 1 is 1.54 bits per heavy atom. The highest BCUT2D eigenvalue weighted by Crippen LogP contribution is 2.28. The fourth-order valence-corrected chi connectivity index (χ4v) is 1.96. The molecule has 3 heteroatoms. The van der Waals surface area contributed by atoms with Crippen LogP contribution in [0.25, 0.3) is 0 Å². The van der Waals surface area contributed by atoms with E-state index >= 15 is 0 Å². The Balaban J connectivity index is 2.46. The minimum absolute atomic E-state index is 0.0751. The summed E-state index contributed by atoms with van der Waals surface area (Å²) in [7, 11) is 0. The molecule has 1 amide bonds. The molecule has 2 N–H and O–H groups in total. The van der Waals surface area contributed by atoms with Crippen LogP contribution in [0.15, 0.2) is 0 Å². The molecule has 1 rings (SSSR count). The van der Waals surface area contributed by atoms with Crippen LogP contribution in [0, 0.1) is 0 Å². The van der Waals surface area contributed by atoms with E-state index in [0.717, 1.165) is 25.8 Å². The average Bonchev–Trinajstić information content (AvgIpc) is 2.41. The predicted octanol–water partition coefficient (Wildman–Crippen LogP) is 1.13. The number of carbonyl (C=O) groups excluding carboxylic acids is 1. The van der Waals surface area contributed by atoms with E-state index in [-0.39, 0.29) is 11.4 Å².